The molecule has 1 aliphatic carbocycles. The molecule has 3 rings (SSSR count). The number of hydrogen-bond donors (Lipinski definition) is 2. The van der Waals surface area contributed by atoms with Crippen LogP contribution in [0.1, 0.15) is 41.1 Å². The molecule has 2 aromatic rings. The first kappa shape index (κ1) is 19.6. The second kappa shape index (κ2) is 8.71. The van der Waals surface area contributed by atoms with Crippen molar-refractivity contribution in [3.05, 3.63) is 40.3 Å². The minimum atomic E-state index is -0.278. The number of thiophene rings is 1. The van der Waals surface area contributed by atoms with Crippen LogP contribution in [0.2, 0.25) is 0 Å². The maximum absolute atomic E-state index is 12.6. The number of carbonyl (C=O) groups excluding carboxylic acids is 1. The van der Waals surface area contributed by atoms with Gasteiger partial charge in [-0.3, -0.25) is 0 Å². The quantitative estimate of drug-likeness (QED) is 0.548. The molecular weight excluding hydrogens is 380 g/mol. The summed E-state index contributed by atoms with van der Waals surface area (Å²) >= 11 is 7.06. The van der Waals surface area contributed by atoms with Crippen molar-refractivity contribution >= 4 is 45.3 Å². The normalized spacial score (nSPS) is 15.6. The molecule has 2 N–H and O–H groups in total. The highest BCUT2D eigenvalue weighted by molar-refractivity contribution is 7.80. The summed E-state index contributed by atoms with van der Waals surface area (Å²) in [5.74, 6) is 1.13. The summed E-state index contributed by atoms with van der Waals surface area (Å²) in [5.41, 5.74) is 2.61. The molecule has 0 fully saturated rings. The molecule has 1 atom stereocenters. The molecular formula is C20H24N2O3S2. The average molecular weight is 405 g/mol. The number of hydrogen-bond acceptors (Lipinski definition) is 5. The molecule has 0 spiro atoms. The summed E-state index contributed by atoms with van der Waals surface area (Å²) in [6, 6.07) is 7.50. The zero-order valence-electron chi connectivity index (χ0n) is 15.8. The monoisotopic (exact) mass is 404 g/mol. The molecule has 0 unspecified atom stereocenters. The Labute approximate surface area is 169 Å². The zero-order valence-corrected chi connectivity index (χ0v) is 17.4. The van der Waals surface area contributed by atoms with E-state index >= 15 is 0 Å². The van der Waals surface area contributed by atoms with Gasteiger partial charge in [-0.05, 0) is 74.2 Å². The number of ether oxygens (including phenoxy) is 2. The van der Waals surface area contributed by atoms with Gasteiger partial charge in [-0.15, -0.1) is 11.3 Å². The van der Waals surface area contributed by atoms with E-state index in [1.54, 1.807) is 18.4 Å². The third-order valence-corrected chi connectivity index (χ3v) is 5.94. The van der Waals surface area contributed by atoms with Crippen molar-refractivity contribution in [1.29, 1.82) is 0 Å². The molecule has 27 heavy (non-hydrogen) atoms. The summed E-state index contributed by atoms with van der Waals surface area (Å²) in [6.45, 7) is 4.42. The third kappa shape index (κ3) is 4.59. The van der Waals surface area contributed by atoms with Crippen molar-refractivity contribution < 1.29 is 14.3 Å². The Morgan fingerprint density at radius 1 is 1.30 bits per heavy atom. The van der Waals surface area contributed by atoms with Gasteiger partial charge in [0, 0.05) is 10.6 Å². The lowest BCUT2D eigenvalue weighted by Gasteiger charge is -2.18. The van der Waals surface area contributed by atoms with Crippen LogP contribution in [-0.4, -0.2) is 24.8 Å². The van der Waals surface area contributed by atoms with Crippen molar-refractivity contribution in [2.75, 3.05) is 24.4 Å². The Balaban J connectivity index is 1.80. The van der Waals surface area contributed by atoms with Crippen LogP contribution in [-0.2, 0) is 17.6 Å². The lowest BCUT2D eigenvalue weighted by Crippen LogP contribution is -2.20. The number of benzene rings is 1. The van der Waals surface area contributed by atoms with Gasteiger partial charge >= 0.3 is 5.97 Å². The molecule has 0 saturated carbocycles. The van der Waals surface area contributed by atoms with E-state index in [9.17, 15) is 4.79 Å². The summed E-state index contributed by atoms with van der Waals surface area (Å²) in [7, 11) is 1.63. The second-order valence-electron chi connectivity index (χ2n) is 6.58. The van der Waals surface area contributed by atoms with Gasteiger partial charge in [0.15, 0.2) is 5.11 Å². The van der Waals surface area contributed by atoms with Crippen molar-refractivity contribution in [2.45, 2.75) is 33.1 Å². The van der Waals surface area contributed by atoms with Gasteiger partial charge in [0.2, 0.25) is 0 Å². The van der Waals surface area contributed by atoms with E-state index < -0.39 is 0 Å². The Hall–Kier alpha value is -2.12. The summed E-state index contributed by atoms with van der Waals surface area (Å²) in [5, 5.41) is 7.56. The molecule has 1 aromatic heterocycles. The fourth-order valence-electron chi connectivity index (χ4n) is 3.20. The Morgan fingerprint density at radius 2 is 2.04 bits per heavy atom. The molecule has 1 aromatic carbocycles. The smallest absolute Gasteiger partial charge is 0.341 e. The molecule has 5 nitrogen and oxygen atoms in total. The standard InChI is InChI=1S/C20H24N2O3S2/c1-4-25-19(23)17-15-10-5-12(2)11-16(15)27-18(17)22-20(26)21-13-6-8-14(24-3)9-7-13/h6-9,12H,4-5,10-11H2,1-3H3,(H2,21,22,26)/t12-/m0/s1. The number of anilines is 2. The van der Waals surface area contributed by atoms with Gasteiger partial charge in [0.1, 0.15) is 10.8 Å². The highest BCUT2D eigenvalue weighted by Gasteiger charge is 2.28. The van der Waals surface area contributed by atoms with Crippen LogP contribution in [0.15, 0.2) is 24.3 Å². The molecule has 0 saturated heterocycles. The van der Waals surface area contributed by atoms with Gasteiger partial charge in [-0.2, -0.15) is 0 Å². The van der Waals surface area contributed by atoms with Gasteiger partial charge in [0.05, 0.1) is 19.3 Å². The first-order valence-electron chi connectivity index (χ1n) is 9.05. The highest BCUT2D eigenvalue weighted by atomic mass is 32.1. The van der Waals surface area contributed by atoms with E-state index in [4.69, 9.17) is 21.7 Å². The lowest BCUT2D eigenvalue weighted by molar-refractivity contribution is 0.0526. The molecule has 144 valence electrons. The Kier molecular flexibility index (Phi) is 6.34. The highest BCUT2D eigenvalue weighted by Crippen LogP contribution is 2.40. The average Bonchev–Trinajstić information content (AvgIpc) is 2.99. The molecule has 1 heterocycles. The minimum Gasteiger partial charge on any atom is -0.497 e. The van der Waals surface area contributed by atoms with Crippen LogP contribution >= 0.6 is 23.6 Å². The van der Waals surface area contributed by atoms with Gasteiger partial charge in [-0.1, -0.05) is 6.92 Å². The summed E-state index contributed by atoms with van der Waals surface area (Å²) < 4.78 is 10.5. The molecule has 1 aliphatic rings. The van der Waals surface area contributed by atoms with Gasteiger partial charge < -0.3 is 20.1 Å². The van der Waals surface area contributed by atoms with E-state index in [2.05, 4.69) is 17.6 Å². The molecule has 0 aliphatic heterocycles. The number of thiocarbonyl (C=S) groups is 1. The zero-order chi connectivity index (χ0) is 19.4. The Morgan fingerprint density at radius 3 is 2.70 bits per heavy atom. The summed E-state index contributed by atoms with van der Waals surface area (Å²) in [6.07, 6.45) is 2.98. The number of rotatable bonds is 5. The van der Waals surface area contributed by atoms with Crippen LogP contribution < -0.4 is 15.4 Å². The fourth-order valence-corrected chi connectivity index (χ4v) is 4.89. The number of nitrogens with one attached hydrogen (secondary N) is 2. The van der Waals surface area contributed by atoms with E-state index in [1.807, 2.05) is 31.2 Å². The largest absolute Gasteiger partial charge is 0.497 e. The third-order valence-electron chi connectivity index (χ3n) is 4.57. The SMILES string of the molecule is CCOC(=O)c1c(NC(=S)Nc2ccc(OC)cc2)sc2c1CC[C@H](C)C2. The number of carbonyl (C=O) groups is 1. The maximum atomic E-state index is 12.6. The van der Waals surface area contributed by atoms with E-state index in [-0.39, 0.29) is 5.97 Å². The van der Waals surface area contributed by atoms with E-state index in [0.29, 0.717) is 23.2 Å². The predicted molar refractivity (Wildman–Crippen MR) is 114 cm³/mol. The maximum Gasteiger partial charge on any atom is 0.341 e. The van der Waals surface area contributed by atoms with Crippen molar-refractivity contribution in [1.82, 2.24) is 0 Å². The predicted octanol–water partition coefficient (Wildman–Crippen LogP) is 4.87. The first-order valence-corrected chi connectivity index (χ1v) is 10.3. The van der Waals surface area contributed by atoms with Crippen molar-refractivity contribution in [3.63, 3.8) is 0 Å². The van der Waals surface area contributed by atoms with Crippen molar-refractivity contribution in [2.24, 2.45) is 5.92 Å². The van der Waals surface area contributed by atoms with Crippen molar-refractivity contribution in [3.8, 4) is 5.75 Å². The van der Waals surface area contributed by atoms with Crippen LogP contribution in [0.5, 0.6) is 5.75 Å². The fraction of sp³-hybridized carbons (Fsp3) is 0.400. The molecule has 7 heteroatoms. The number of methoxy groups -OCH3 is 1. The molecule has 0 bridgehead atoms. The van der Waals surface area contributed by atoms with Gasteiger partial charge in [0.25, 0.3) is 0 Å². The minimum absolute atomic E-state index is 0.278. The first-order chi connectivity index (χ1) is 13.0. The van der Waals surface area contributed by atoms with E-state index in [1.165, 1.54) is 4.88 Å². The number of esters is 1. The lowest BCUT2D eigenvalue weighted by atomic mass is 9.88. The van der Waals surface area contributed by atoms with Crippen LogP contribution in [0, 0.1) is 5.92 Å². The molecule has 0 radical (unpaired) electrons. The van der Waals surface area contributed by atoms with Crippen LogP contribution in [0.25, 0.3) is 0 Å². The Bertz CT molecular complexity index is 830. The molecule has 0 amide bonds. The van der Waals surface area contributed by atoms with Gasteiger partial charge in [-0.25, -0.2) is 4.79 Å². The van der Waals surface area contributed by atoms with Crippen LogP contribution in [0.4, 0.5) is 10.7 Å². The number of fused-ring (bicyclic) bond motifs is 1. The van der Waals surface area contributed by atoms with E-state index in [0.717, 1.165) is 41.3 Å². The topological polar surface area (TPSA) is 59.6 Å². The van der Waals surface area contributed by atoms with Crippen LogP contribution in [0.3, 0.4) is 0 Å². The summed E-state index contributed by atoms with van der Waals surface area (Å²) in [4.78, 5) is 13.8. The second-order valence-corrected chi connectivity index (χ2v) is 8.10.